The van der Waals surface area contributed by atoms with E-state index in [9.17, 15) is 18.3 Å². The molecule has 7 rings (SSSR count). The van der Waals surface area contributed by atoms with Crippen molar-refractivity contribution in [2.24, 2.45) is 11.3 Å². The number of alkyl halides is 2. The predicted molar refractivity (Wildman–Crippen MR) is 167 cm³/mol. The van der Waals surface area contributed by atoms with Gasteiger partial charge in [-0.25, -0.2) is 17.6 Å². The third kappa shape index (κ3) is 5.38. The van der Waals surface area contributed by atoms with Crippen molar-refractivity contribution in [1.29, 1.82) is 0 Å². The second-order valence-corrected chi connectivity index (χ2v) is 13.2. The summed E-state index contributed by atoms with van der Waals surface area (Å²) >= 11 is 0. The number of likely N-dealkylation sites (tertiary alicyclic amines) is 1. The van der Waals surface area contributed by atoms with Crippen LogP contribution in [0.5, 0.6) is 11.8 Å². The van der Waals surface area contributed by atoms with Gasteiger partial charge in [-0.3, -0.25) is 4.98 Å². The van der Waals surface area contributed by atoms with Crippen LogP contribution in [0.3, 0.4) is 0 Å². The van der Waals surface area contributed by atoms with Crippen LogP contribution in [0.4, 0.5) is 23.4 Å². The Labute approximate surface area is 264 Å². The Bertz CT molecular complexity index is 1810. The van der Waals surface area contributed by atoms with Crippen molar-refractivity contribution in [3.05, 3.63) is 47.7 Å². The topological polar surface area (TPSA) is 83.8 Å². The molecule has 1 saturated carbocycles. The highest BCUT2D eigenvalue weighted by atomic mass is 19.3. The first kappa shape index (κ1) is 30.9. The smallest absolute Gasteiger partial charge is 0.319 e. The molecule has 244 valence electrons. The van der Waals surface area contributed by atoms with Crippen molar-refractivity contribution in [2.45, 2.75) is 58.1 Å². The number of phenols is 1. The monoisotopic (exact) mass is 639 g/mol. The number of piperidine rings is 1. The van der Waals surface area contributed by atoms with E-state index in [1.165, 1.54) is 24.4 Å². The SMILES string of the molecule is CCc1c(F)ccc2cc(O)cc(-c3ncc4c(N5CCCOC6CC65)nc(OC[C@]5(C)CN(C)CC[C@@H]5C(F)F)nc4c3F)c12. The van der Waals surface area contributed by atoms with Crippen molar-refractivity contribution >= 4 is 27.5 Å². The quantitative estimate of drug-likeness (QED) is 0.234. The van der Waals surface area contributed by atoms with Crippen molar-refractivity contribution in [3.63, 3.8) is 0 Å². The van der Waals surface area contributed by atoms with Gasteiger partial charge in [0.15, 0.2) is 5.82 Å². The maximum Gasteiger partial charge on any atom is 0.319 e. The standard InChI is InChI=1S/C34H37F4N5O3/c1-4-20-24(35)7-6-18-12-19(44)13-21(27(18)20)29-28(36)30-22(15-39-29)32(43-9-5-11-45-26-14-25(26)43)41-33(40-30)46-17-34(2)16-42(3)10-8-23(34)31(37)38/h6-7,12-13,15,23,25-26,31,44H,4-5,8-11,14,16-17H2,1-3H3/t23-,25?,26?,34+/m1/s1. The Morgan fingerprint density at radius 1 is 1.17 bits per heavy atom. The summed E-state index contributed by atoms with van der Waals surface area (Å²) in [4.78, 5) is 17.8. The highest BCUT2D eigenvalue weighted by molar-refractivity contribution is 6.01. The summed E-state index contributed by atoms with van der Waals surface area (Å²) in [5.41, 5.74) is -0.442. The number of ether oxygens (including phenoxy) is 2. The molecule has 1 N–H and O–H groups in total. The zero-order chi connectivity index (χ0) is 32.3. The molecule has 0 bridgehead atoms. The molecule has 4 heterocycles. The molecule has 3 aliphatic rings. The van der Waals surface area contributed by atoms with Crippen molar-refractivity contribution < 1.29 is 32.1 Å². The van der Waals surface area contributed by atoms with Crippen LogP contribution >= 0.6 is 0 Å². The van der Waals surface area contributed by atoms with Crippen LogP contribution in [0, 0.1) is 23.0 Å². The fourth-order valence-electron chi connectivity index (χ4n) is 7.42. The van der Waals surface area contributed by atoms with Gasteiger partial charge in [0.1, 0.15) is 28.6 Å². The molecule has 12 heteroatoms. The number of rotatable bonds is 7. The van der Waals surface area contributed by atoms with Gasteiger partial charge in [-0.2, -0.15) is 9.97 Å². The number of aromatic hydroxyl groups is 1. The minimum Gasteiger partial charge on any atom is -0.508 e. The molecule has 0 amide bonds. The molecule has 0 spiro atoms. The number of hydrogen-bond donors (Lipinski definition) is 1. The Balaban J connectivity index is 1.37. The Morgan fingerprint density at radius 3 is 2.78 bits per heavy atom. The van der Waals surface area contributed by atoms with Crippen LogP contribution in [0.2, 0.25) is 0 Å². The lowest BCUT2D eigenvalue weighted by atomic mass is 9.73. The molecule has 0 radical (unpaired) electrons. The van der Waals surface area contributed by atoms with Crippen LogP contribution < -0.4 is 9.64 Å². The van der Waals surface area contributed by atoms with Crippen molar-refractivity contribution in [1.82, 2.24) is 19.9 Å². The highest BCUT2D eigenvalue weighted by Gasteiger charge is 2.46. The minimum atomic E-state index is -2.51. The van der Waals surface area contributed by atoms with E-state index in [1.807, 2.05) is 11.9 Å². The number of pyridine rings is 1. The van der Waals surface area contributed by atoms with Crippen molar-refractivity contribution in [3.8, 4) is 23.0 Å². The molecule has 2 aromatic carbocycles. The van der Waals surface area contributed by atoms with Gasteiger partial charge >= 0.3 is 6.01 Å². The second-order valence-electron chi connectivity index (χ2n) is 13.2. The summed E-state index contributed by atoms with van der Waals surface area (Å²) in [6.45, 7) is 5.69. The maximum atomic E-state index is 16.8. The van der Waals surface area contributed by atoms with Crippen LogP contribution in [-0.2, 0) is 11.2 Å². The molecular formula is C34H37F4N5O3. The summed E-state index contributed by atoms with van der Waals surface area (Å²) in [5.74, 6) is -1.77. The number of fused-ring (bicyclic) bond motifs is 3. The fraction of sp³-hybridized carbons (Fsp3) is 0.500. The number of anilines is 1. The molecule has 4 aromatic rings. The molecule has 1 aliphatic carbocycles. The van der Waals surface area contributed by atoms with Gasteiger partial charge in [-0.15, -0.1) is 0 Å². The van der Waals surface area contributed by atoms with Crippen LogP contribution in [-0.4, -0.2) is 83.4 Å². The van der Waals surface area contributed by atoms with E-state index in [4.69, 9.17) is 14.5 Å². The van der Waals surface area contributed by atoms with Crippen LogP contribution in [0.1, 0.15) is 38.7 Å². The van der Waals surface area contributed by atoms with Gasteiger partial charge in [0, 0.05) is 42.8 Å². The van der Waals surface area contributed by atoms with E-state index >= 15 is 4.39 Å². The Morgan fingerprint density at radius 2 is 2.00 bits per heavy atom. The molecule has 3 fully saturated rings. The first-order valence-electron chi connectivity index (χ1n) is 15.9. The zero-order valence-corrected chi connectivity index (χ0v) is 26.1. The van der Waals surface area contributed by atoms with Gasteiger partial charge in [0.25, 0.3) is 0 Å². The molecule has 2 saturated heterocycles. The van der Waals surface area contributed by atoms with E-state index in [2.05, 4.69) is 14.9 Å². The van der Waals surface area contributed by atoms with Crippen LogP contribution in [0.25, 0.3) is 32.9 Å². The Hall–Kier alpha value is -3.77. The third-order valence-corrected chi connectivity index (χ3v) is 9.84. The first-order chi connectivity index (χ1) is 22.1. The van der Waals surface area contributed by atoms with E-state index in [0.717, 1.165) is 12.8 Å². The van der Waals surface area contributed by atoms with Gasteiger partial charge in [-0.1, -0.05) is 19.9 Å². The predicted octanol–water partition coefficient (Wildman–Crippen LogP) is 6.36. The average molecular weight is 640 g/mol. The number of halogens is 4. The normalized spacial score (nSPS) is 25.2. The number of nitrogens with zero attached hydrogens (tertiary/aromatic N) is 5. The average Bonchev–Trinajstić information content (AvgIpc) is 3.81. The number of phenolic OH excluding ortho intramolecular Hbond substituents is 1. The molecule has 2 aliphatic heterocycles. The molecular weight excluding hydrogens is 602 g/mol. The number of benzene rings is 2. The van der Waals surface area contributed by atoms with E-state index in [1.54, 1.807) is 19.9 Å². The van der Waals surface area contributed by atoms with E-state index < -0.39 is 29.4 Å². The number of hydrogen-bond acceptors (Lipinski definition) is 8. The summed E-state index contributed by atoms with van der Waals surface area (Å²) in [5, 5.41) is 11.9. The number of aryl methyl sites for hydroxylation is 1. The zero-order valence-electron chi connectivity index (χ0n) is 26.1. The lowest BCUT2D eigenvalue weighted by molar-refractivity contribution is -0.0679. The lowest BCUT2D eigenvalue weighted by Gasteiger charge is -2.44. The van der Waals surface area contributed by atoms with Gasteiger partial charge in [-0.05, 0) is 73.8 Å². The molecule has 4 atom stereocenters. The molecule has 8 nitrogen and oxygen atoms in total. The van der Waals surface area contributed by atoms with Gasteiger partial charge in [0.05, 0.1) is 24.1 Å². The fourth-order valence-corrected chi connectivity index (χ4v) is 7.42. The summed E-state index contributed by atoms with van der Waals surface area (Å²) < 4.78 is 72.0. The molecule has 46 heavy (non-hydrogen) atoms. The van der Waals surface area contributed by atoms with Gasteiger partial charge in [0.2, 0.25) is 6.43 Å². The van der Waals surface area contributed by atoms with Crippen LogP contribution in [0.15, 0.2) is 30.5 Å². The third-order valence-electron chi connectivity index (χ3n) is 9.84. The van der Waals surface area contributed by atoms with Gasteiger partial charge < -0.3 is 24.4 Å². The summed E-state index contributed by atoms with van der Waals surface area (Å²) in [6.07, 6.45) is 1.24. The Kier molecular flexibility index (Phi) is 7.91. The summed E-state index contributed by atoms with van der Waals surface area (Å²) in [7, 11) is 1.89. The highest BCUT2D eigenvalue weighted by Crippen LogP contribution is 2.43. The largest absolute Gasteiger partial charge is 0.508 e. The maximum absolute atomic E-state index is 16.8. The van der Waals surface area contributed by atoms with E-state index in [0.29, 0.717) is 66.6 Å². The molecule has 2 aromatic heterocycles. The number of aromatic nitrogens is 3. The minimum absolute atomic E-state index is 0.0402. The summed E-state index contributed by atoms with van der Waals surface area (Å²) in [6, 6.07) is 5.69. The van der Waals surface area contributed by atoms with E-state index in [-0.39, 0.29) is 47.3 Å². The first-order valence-corrected chi connectivity index (χ1v) is 15.9. The molecule has 2 unspecified atom stereocenters. The van der Waals surface area contributed by atoms with Crippen molar-refractivity contribution in [2.75, 3.05) is 44.8 Å². The second kappa shape index (κ2) is 11.8. The lowest BCUT2D eigenvalue weighted by Crippen LogP contribution is -2.51.